The van der Waals surface area contributed by atoms with Gasteiger partial charge in [-0.1, -0.05) is 24.9 Å². The molecule has 7 heteroatoms. The Hall–Kier alpha value is -1.82. The third-order valence-electron chi connectivity index (χ3n) is 2.50. The first-order chi connectivity index (χ1) is 9.51. The van der Waals surface area contributed by atoms with Gasteiger partial charge >= 0.3 is 11.7 Å². The lowest BCUT2D eigenvalue weighted by atomic mass is 10.2. The van der Waals surface area contributed by atoms with Gasteiger partial charge in [0, 0.05) is 12.1 Å². The van der Waals surface area contributed by atoms with Crippen LogP contribution < -0.4 is 4.74 Å². The molecule has 110 valence electrons. The van der Waals surface area contributed by atoms with E-state index in [1.807, 2.05) is 6.92 Å². The molecule has 0 spiro atoms. The Labute approximate surface area is 121 Å². The van der Waals surface area contributed by atoms with E-state index < -0.39 is 10.9 Å². The molecule has 6 nitrogen and oxygen atoms in total. The summed E-state index contributed by atoms with van der Waals surface area (Å²) in [6.45, 7) is 4.14. The molecule has 0 heterocycles. The molecular weight excluding hydrogens is 286 g/mol. The van der Waals surface area contributed by atoms with Crippen molar-refractivity contribution in [3.63, 3.8) is 0 Å². The number of nitro benzene ring substituents is 1. The van der Waals surface area contributed by atoms with Crippen molar-refractivity contribution in [3.05, 3.63) is 32.8 Å². The van der Waals surface area contributed by atoms with Crippen LogP contribution in [0.4, 0.5) is 5.69 Å². The summed E-state index contributed by atoms with van der Waals surface area (Å²) in [7, 11) is 0. The van der Waals surface area contributed by atoms with Crippen LogP contribution in [0.25, 0.3) is 0 Å². The second-order valence-corrected chi connectivity index (χ2v) is 4.39. The van der Waals surface area contributed by atoms with E-state index in [0.717, 1.165) is 18.9 Å². The van der Waals surface area contributed by atoms with Crippen molar-refractivity contribution < 1.29 is 19.2 Å². The number of carbonyl (C=O) groups excluding carboxylic acids is 1. The number of hydrogen-bond donors (Lipinski definition) is 0. The maximum atomic E-state index is 11.6. The van der Waals surface area contributed by atoms with Gasteiger partial charge in [-0.3, -0.25) is 10.1 Å². The lowest BCUT2D eigenvalue weighted by Crippen LogP contribution is -2.07. The number of nitro groups is 1. The second-order valence-electron chi connectivity index (χ2n) is 3.98. The number of rotatable bonds is 7. The van der Waals surface area contributed by atoms with E-state index in [2.05, 4.69) is 0 Å². The molecule has 0 atom stereocenters. The highest BCUT2D eigenvalue weighted by molar-refractivity contribution is 6.33. The number of hydrogen-bond acceptors (Lipinski definition) is 5. The summed E-state index contributed by atoms with van der Waals surface area (Å²) in [4.78, 5) is 22.1. The van der Waals surface area contributed by atoms with E-state index in [-0.39, 0.29) is 28.6 Å². The summed E-state index contributed by atoms with van der Waals surface area (Å²) in [6.07, 6.45) is 1.68. The molecule has 0 radical (unpaired) electrons. The van der Waals surface area contributed by atoms with Crippen molar-refractivity contribution in [2.24, 2.45) is 0 Å². The van der Waals surface area contributed by atoms with Crippen LogP contribution in [0.15, 0.2) is 12.1 Å². The second kappa shape index (κ2) is 7.69. The molecule has 1 aromatic rings. The Bertz CT molecular complexity index is 504. The topological polar surface area (TPSA) is 78.7 Å². The summed E-state index contributed by atoms with van der Waals surface area (Å²) in [5.41, 5.74) is -0.336. The third kappa shape index (κ3) is 4.09. The van der Waals surface area contributed by atoms with E-state index in [9.17, 15) is 14.9 Å². The van der Waals surface area contributed by atoms with Gasteiger partial charge in [-0.25, -0.2) is 4.79 Å². The van der Waals surface area contributed by atoms with Crippen LogP contribution in [0.3, 0.4) is 0 Å². The van der Waals surface area contributed by atoms with Crippen molar-refractivity contribution >= 4 is 23.3 Å². The van der Waals surface area contributed by atoms with Crippen LogP contribution in [0, 0.1) is 10.1 Å². The highest BCUT2D eigenvalue weighted by Gasteiger charge is 2.23. The fourth-order valence-corrected chi connectivity index (χ4v) is 1.72. The summed E-state index contributed by atoms with van der Waals surface area (Å²) in [5, 5.41) is 11.1. The normalized spacial score (nSPS) is 10.2. The minimum absolute atomic E-state index is 0.0388. The number of ether oxygens (including phenoxy) is 2. The number of carbonyl (C=O) groups is 1. The number of nitrogens with zero attached hydrogens (tertiary/aromatic N) is 1. The first-order valence-electron chi connectivity index (χ1n) is 6.29. The zero-order chi connectivity index (χ0) is 15.1. The number of unbranched alkanes of at least 4 members (excludes halogenated alkanes) is 1. The standard InChI is InChI=1S/C13H16ClNO5/c1-3-5-6-20-12-8-10(14)9(13(16)19-4-2)7-11(12)15(17)18/h7-8H,3-6H2,1-2H3. The fourth-order valence-electron chi connectivity index (χ4n) is 1.49. The van der Waals surface area contributed by atoms with Crippen molar-refractivity contribution in [2.45, 2.75) is 26.7 Å². The average molecular weight is 302 g/mol. The molecule has 0 amide bonds. The van der Waals surface area contributed by atoms with E-state index in [4.69, 9.17) is 21.1 Å². The molecule has 0 unspecified atom stereocenters. The Balaban J connectivity index is 3.11. The largest absolute Gasteiger partial charge is 0.487 e. The van der Waals surface area contributed by atoms with Gasteiger partial charge in [0.25, 0.3) is 0 Å². The molecule has 0 N–H and O–H groups in total. The molecule has 0 fully saturated rings. The van der Waals surface area contributed by atoms with Crippen LogP contribution in [0.2, 0.25) is 5.02 Å². The van der Waals surface area contributed by atoms with Crippen LogP contribution in [0.1, 0.15) is 37.0 Å². The zero-order valence-electron chi connectivity index (χ0n) is 11.3. The monoisotopic (exact) mass is 301 g/mol. The molecule has 0 bridgehead atoms. The summed E-state index contributed by atoms with van der Waals surface area (Å²) >= 11 is 5.95. The maximum Gasteiger partial charge on any atom is 0.339 e. The minimum Gasteiger partial charge on any atom is -0.487 e. The van der Waals surface area contributed by atoms with Crippen LogP contribution in [0.5, 0.6) is 5.75 Å². The average Bonchev–Trinajstić information content (AvgIpc) is 2.39. The number of benzene rings is 1. The van der Waals surface area contributed by atoms with E-state index in [0.29, 0.717) is 6.61 Å². The van der Waals surface area contributed by atoms with E-state index >= 15 is 0 Å². The molecule has 0 aromatic heterocycles. The first-order valence-corrected chi connectivity index (χ1v) is 6.66. The summed E-state index contributed by atoms with van der Waals surface area (Å²) in [6, 6.07) is 2.36. The highest BCUT2D eigenvalue weighted by atomic mass is 35.5. The van der Waals surface area contributed by atoms with Gasteiger partial charge in [-0.15, -0.1) is 0 Å². The highest BCUT2D eigenvalue weighted by Crippen LogP contribution is 2.33. The summed E-state index contributed by atoms with van der Waals surface area (Å²) < 4.78 is 10.1. The first kappa shape index (κ1) is 16.2. The molecular formula is C13H16ClNO5. The van der Waals surface area contributed by atoms with Gasteiger partial charge in [-0.2, -0.15) is 0 Å². The Kier molecular flexibility index (Phi) is 6.24. The van der Waals surface area contributed by atoms with Crippen molar-refractivity contribution in [1.29, 1.82) is 0 Å². The van der Waals surface area contributed by atoms with Gasteiger partial charge in [0.15, 0.2) is 5.75 Å². The fraction of sp³-hybridized carbons (Fsp3) is 0.462. The minimum atomic E-state index is -0.694. The van der Waals surface area contributed by atoms with E-state index in [1.54, 1.807) is 6.92 Å². The molecule has 1 aromatic carbocycles. The maximum absolute atomic E-state index is 11.6. The van der Waals surface area contributed by atoms with Crippen molar-refractivity contribution in [3.8, 4) is 5.75 Å². The molecule has 0 aliphatic rings. The summed E-state index contributed by atoms with van der Waals surface area (Å²) in [5.74, 6) is -0.637. The molecule has 0 aliphatic carbocycles. The van der Waals surface area contributed by atoms with Crippen molar-refractivity contribution in [1.82, 2.24) is 0 Å². The predicted molar refractivity (Wildman–Crippen MR) is 74.5 cm³/mol. The van der Waals surface area contributed by atoms with Gasteiger partial charge < -0.3 is 9.47 Å². The van der Waals surface area contributed by atoms with Crippen molar-refractivity contribution in [2.75, 3.05) is 13.2 Å². The molecule has 0 aliphatic heterocycles. The van der Waals surface area contributed by atoms with Gasteiger partial charge in [0.2, 0.25) is 0 Å². The quantitative estimate of drug-likeness (QED) is 0.333. The lowest BCUT2D eigenvalue weighted by molar-refractivity contribution is -0.385. The molecule has 0 saturated heterocycles. The Morgan fingerprint density at radius 2 is 2.10 bits per heavy atom. The Morgan fingerprint density at radius 3 is 2.65 bits per heavy atom. The van der Waals surface area contributed by atoms with Gasteiger partial charge in [-0.05, 0) is 13.3 Å². The predicted octanol–water partition coefficient (Wildman–Crippen LogP) is 3.60. The van der Waals surface area contributed by atoms with Gasteiger partial charge in [0.05, 0.1) is 28.7 Å². The van der Waals surface area contributed by atoms with Crippen LogP contribution >= 0.6 is 11.6 Å². The molecule has 0 saturated carbocycles. The molecule has 1 rings (SSSR count). The molecule has 20 heavy (non-hydrogen) atoms. The SMILES string of the molecule is CCCCOc1cc(Cl)c(C(=O)OCC)cc1[N+](=O)[O-]. The number of halogens is 1. The zero-order valence-corrected chi connectivity index (χ0v) is 12.1. The smallest absolute Gasteiger partial charge is 0.339 e. The Morgan fingerprint density at radius 1 is 1.40 bits per heavy atom. The van der Waals surface area contributed by atoms with Crippen LogP contribution in [-0.2, 0) is 4.74 Å². The number of esters is 1. The van der Waals surface area contributed by atoms with Gasteiger partial charge in [0.1, 0.15) is 0 Å². The van der Waals surface area contributed by atoms with Crippen LogP contribution in [-0.4, -0.2) is 24.1 Å². The van der Waals surface area contributed by atoms with E-state index in [1.165, 1.54) is 6.07 Å². The third-order valence-corrected chi connectivity index (χ3v) is 2.81. The lowest BCUT2D eigenvalue weighted by Gasteiger charge is -2.09.